The Balaban J connectivity index is 4.48. The Morgan fingerprint density at radius 1 is 1.31 bits per heavy atom. The molecule has 0 fully saturated rings. The van der Waals surface area contributed by atoms with Crippen molar-refractivity contribution in [1.29, 1.82) is 0 Å². The number of esters is 1. The van der Waals surface area contributed by atoms with Gasteiger partial charge >= 0.3 is 5.97 Å². The minimum atomic E-state index is -3.35. The van der Waals surface area contributed by atoms with Crippen LogP contribution in [0.5, 0.6) is 0 Å². The van der Waals surface area contributed by atoms with Gasteiger partial charge in [0.2, 0.25) is 10.0 Å². The first-order valence-corrected chi connectivity index (χ1v) is 7.08. The molecule has 0 aliphatic heterocycles. The van der Waals surface area contributed by atoms with Crippen molar-refractivity contribution in [3.8, 4) is 0 Å². The molecule has 0 saturated carbocycles. The van der Waals surface area contributed by atoms with E-state index in [0.717, 1.165) is 10.6 Å². The summed E-state index contributed by atoms with van der Waals surface area (Å²) in [6, 6.07) is 0. The predicted octanol–water partition coefficient (Wildman–Crippen LogP) is 1.000. The monoisotopic (exact) mass is 251 g/mol. The molecular formula is C10H21NO4S. The molecule has 0 bridgehead atoms. The van der Waals surface area contributed by atoms with Gasteiger partial charge in [0.05, 0.1) is 6.26 Å². The maximum atomic E-state index is 11.5. The quantitative estimate of drug-likeness (QED) is 0.684. The number of carbonyl (C=O) groups excluding carboxylic acids is 1. The standard InChI is InChI=1S/C10H21NO4S/c1-6-7-11(16(5,13)14)8-9(12)15-10(2,3)4/h6-8H2,1-5H3. The number of sulfonamides is 1. The van der Waals surface area contributed by atoms with E-state index in [1.54, 1.807) is 20.8 Å². The molecule has 0 unspecified atom stereocenters. The summed E-state index contributed by atoms with van der Waals surface area (Å²) < 4.78 is 28.9. The summed E-state index contributed by atoms with van der Waals surface area (Å²) >= 11 is 0. The molecule has 6 heteroatoms. The molecule has 0 aromatic rings. The van der Waals surface area contributed by atoms with Gasteiger partial charge in [0, 0.05) is 6.54 Å². The lowest BCUT2D eigenvalue weighted by Crippen LogP contribution is -2.38. The minimum Gasteiger partial charge on any atom is -0.459 e. The van der Waals surface area contributed by atoms with Crippen LogP contribution in [0.15, 0.2) is 0 Å². The smallest absolute Gasteiger partial charge is 0.321 e. The van der Waals surface area contributed by atoms with Gasteiger partial charge in [0.15, 0.2) is 0 Å². The van der Waals surface area contributed by atoms with Gasteiger partial charge in [0.1, 0.15) is 12.1 Å². The molecule has 5 nitrogen and oxygen atoms in total. The van der Waals surface area contributed by atoms with E-state index in [4.69, 9.17) is 4.74 Å². The highest BCUT2D eigenvalue weighted by atomic mass is 32.2. The molecule has 0 N–H and O–H groups in total. The van der Waals surface area contributed by atoms with Crippen LogP contribution in [0.25, 0.3) is 0 Å². The fourth-order valence-corrected chi connectivity index (χ4v) is 1.98. The van der Waals surface area contributed by atoms with Crippen molar-refractivity contribution in [3.05, 3.63) is 0 Å². The molecule has 0 rings (SSSR count). The zero-order valence-electron chi connectivity index (χ0n) is 10.6. The molecule has 16 heavy (non-hydrogen) atoms. The highest BCUT2D eigenvalue weighted by molar-refractivity contribution is 7.88. The molecule has 0 spiro atoms. The van der Waals surface area contributed by atoms with Crippen LogP contribution < -0.4 is 0 Å². The third-order valence-electron chi connectivity index (χ3n) is 1.67. The first-order chi connectivity index (χ1) is 7.06. The lowest BCUT2D eigenvalue weighted by molar-refractivity contribution is -0.154. The number of rotatable bonds is 5. The first-order valence-electron chi connectivity index (χ1n) is 5.23. The van der Waals surface area contributed by atoms with Crippen LogP contribution >= 0.6 is 0 Å². The molecule has 0 heterocycles. The van der Waals surface area contributed by atoms with E-state index in [2.05, 4.69) is 0 Å². The van der Waals surface area contributed by atoms with Gasteiger partial charge in [-0.1, -0.05) is 6.92 Å². The summed E-state index contributed by atoms with van der Waals surface area (Å²) in [4.78, 5) is 11.5. The Kier molecular flexibility index (Phi) is 5.41. The zero-order valence-corrected chi connectivity index (χ0v) is 11.4. The fraction of sp³-hybridized carbons (Fsp3) is 0.900. The van der Waals surface area contributed by atoms with Crippen molar-refractivity contribution in [3.63, 3.8) is 0 Å². The van der Waals surface area contributed by atoms with E-state index in [1.165, 1.54) is 0 Å². The van der Waals surface area contributed by atoms with Crippen LogP contribution in [0, 0.1) is 0 Å². The largest absolute Gasteiger partial charge is 0.459 e. The number of hydrogen-bond acceptors (Lipinski definition) is 4. The van der Waals surface area contributed by atoms with E-state index >= 15 is 0 Å². The maximum absolute atomic E-state index is 11.5. The van der Waals surface area contributed by atoms with Crippen LogP contribution in [-0.2, 0) is 19.6 Å². The van der Waals surface area contributed by atoms with Gasteiger partial charge in [-0.3, -0.25) is 4.79 Å². The molecule has 0 aliphatic rings. The summed E-state index contributed by atoms with van der Waals surface area (Å²) in [5.74, 6) is -0.522. The third-order valence-corrected chi connectivity index (χ3v) is 2.92. The summed E-state index contributed by atoms with van der Waals surface area (Å²) in [5, 5.41) is 0. The topological polar surface area (TPSA) is 63.7 Å². The summed E-state index contributed by atoms with van der Waals surface area (Å²) in [5.41, 5.74) is -0.591. The maximum Gasteiger partial charge on any atom is 0.321 e. The van der Waals surface area contributed by atoms with Crippen LogP contribution in [0.1, 0.15) is 34.1 Å². The Hall–Kier alpha value is -0.620. The van der Waals surface area contributed by atoms with Crippen molar-refractivity contribution in [2.24, 2.45) is 0 Å². The molecule has 96 valence electrons. The van der Waals surface area contributed by atoms with Crippen molar-refractivity contribution < 1.29 is 17.9 Å². The van der Waals surface area contributed by atoms with Crippen molar-refractivity contribution >= 4 is 16.0 Å². The molecule has 0 saturated heterocycles. The van der Waals surface area contributed by atoms with Gasteiger partial charge in [-0.2, -0.15) is 4.31 Å². The third kappa shape index (κ3) is 6.79. The average molecular weight is 251 g/mol. The molecule has 0 atom stereocenters. The van der Waals surface area contributed by atoms with Crippen LogP contribution in [0.3, 0.4) is 0 Å². The highest BCUT2D eigenvalue weighted by Crippen LogP contribution is 2.08. The van der Waals surface area contributed by atoms with Crippen molar-refractivity contribution in [2.45, 2.75) is 39.7 Å². The van der Waals surface area contributed by atoms with E-state index in [0.29, 0.717) is 13.0 Å². The second kappa shape index (κ2) is 5.63. The van der Waals surface area contributed by atoms with E-state index < -0.39 is 21.6 Å². The van der Waals surface area contributed by atoms with Crippen molar-refractivity contribution in [2.75, 3.05) is 19.3 Å². The van der Waals surface area contributed by atoms with Crippen LogP contribution in [-0.4, -0.2) is 43.6 Å². The lowest BCUT2D eigenvalue weighted by atomic mass is 10.2. The number of nitrogens with zero attached hydrogens (tertiary/aromatic N) is 1. The lowest BCUT2D eigenvalue weighted by Gasteiger charge is -2.23. The van der Waals surface area contributed by atoms with Gasteiger partial charge in [-0.15, -0.1) is 0 Å². The zero-order chi connectivity index (χ0) is 13.0. The Morgan fingerprint density at radius 2 is 1.81 bits per heavy atom. The number of ether oxygens (including phenoxy) is 1. The molecule has 0 aromatic carbocycles. The van der Waals surface area contributed by atoms with Crippen LogP contribution in [0.2, 0.25) is 0 Å². The molecule has 0 aliphatic carbocycles. The Bertz CT molecular complexity index is 329. The number of carbonyl (C=O) groups is 1. The Labute approximate surface area is 97.8 Å². The highest BCUT2D eigenvalue weighted by Gasteiger charge is 2.23. The minimum absolute atomic E-state index is 0.218. The molecule has 0 radical (unpaired) electrons. The van der Waals surface area contributed by atoms with E-state index in [-0.39, 0.29) is 6.54 Å². The van der Waals surface area contributed by atoms with Gasteiger partial charge < -0.3 is 4.74 Å². The van der Waals surface area contributed by atoms with Gasteiger partial charge in [0.25, 0.3) is 0 Å². The van der Waals surface area contributed by atoms with E-state index in [1.807, 2.05) is 6.92 Å². The fourth-order valence-electron chi connectivity index (χ4n) is 1.13. The van der Waals surface area contributed by atoms with Gasteiger partial charge in [-0.05, 0) is 27.2 Å². The molecular weight excluding hydrogens is 230 g/mol. The normalized spacial score (nSPS) is 12.9. The van der Waals surface area contributed by atoms with Crippen molar-refractivity contribution in [1.82, 2.24) is 4.31 Å². The summed E-state index contributed by atoms with van der Waals surface area (Å²) in [6.45, 7) is 7.20. The SMILES string of the molecule is CCCN(CC(=O)OC(C)(C)C)S(C)(=O)=O. The Morgan fingerprint density at radius 3 is 2.12 bits per heavy atom. The average Bonchev–Trinajstić information content (AvgIpc) is 1.97. The first kappa shape index (κ1) is 15.4. The number of hydrogen-bond donors (Lipinski definition) is 0. The van der Waals surface area contributed by atoms with Gasteiger partial charge in [-0.25, -0.2) is 8.42 Å². The molecule has 0 amide bonds. The summed E-state index contributed by atoms with van der Waals surface area (Å²) in [7, 11) is -3.35. The van der Waals surface area contributed by atoms with E-state index in [9.17, 15) is 13.2 Å². The second-order valence-corrected chi connectivity index (χ2v) is 6.67. The second-order valence-electron chi connectivity index (χ2n) is 4.68. The summed E-state index contributed by atoms with van der Waals surface area (Å²) in [6.07, 6.45) is 1.75. The molecule has 0 aromatic heterocycles. The predicted molar refractivity (Wildman–Crippen MR) is 62.6 cm³/mol. The van der Waals surface area contributed by atoms with Crippen LogP contribution in [0.4, 0.5) is 0 Å².